The first-order valence-corrected chi connectivity index (χ1v) is 8.01. The van der Waals surface area contributed by atoms with E-state index in [4.69, 9.17) is 5.41 Å². The second-order valence-electron chi connectivity index (χ2n) is 6.27. The van der Waals surface area contributed by atoms with E-state index in [9.17, 15) is 4.79 Å². The van der Waals surface area contributed by atoms with Gasteiger partial charge in [0, 0.05) is 36.8 Å². The Morgan fingerprint density at radius 3 is 2.77 bits per heavy atom. The van der Waals surface area contributed by atoms with Crippen molar-refractivity contribution in [3.8, 4) is 0 Å². The molecule has 0 saturated carbocycles. The predicted octanol–water partition coefficient (Wildman–Crippen LogP) is 1.30. The number of benzene rings is 1. The van der Waals surface area contributed by atoms with Crippen LogP contribution in [0, 0.1) is 5.41 Å². The molecular weight excluding hydrogens is 276 g/mol. The SMILES string of the molecule is CNC(C)c1ccccc1C(=N)C(=O)N1CC2CCC1CN2. The Morgan fingerprint density at radius 1 is 1.41 bits per heavy atom. The van der Waals surface area contributed by atoms with Gasteiger partial charge in [0.1, 0.15) is 5.71 Å². The molecule has 5 heteroatoms. The lowest BCUT2D eigenvalue weighted by atomic mass is 9.91. The number of nitrogens with one attached hydrogen (secondary N) is 3. The second kappa shape index (κ2) is 6.18. The third-order valence-electron chi connectivity index (χ3n) is 4.95. The maximum Gasteiger partial charge on any atom is 0.272 e. The van der Waals surface area contributed by atoms with E-state index in [-0.39, 0.29) is 23.7 Å². The summed E-state index contributed by atoms with van der Waals surface area (Å²) in [6, 6.07) is 8.47. The molecule has 3 fully saturated rings. The summed E-state index contributed by atoms with van der Waals surface area (Å²) in [5, 5.41) is 15.1. The van der Waals surface area contributed by atoms with Crippen molar-refractivity contribution in [1.82, 2.24) is 15.5 Å². The lowest BCUT2D eigenvalue weighted by molar-refractivity contribution is -0.129. The number of rotatable bonds is 4. The molecule has 0 spiro atoms. The summed E-state index contributed by atoms with van der Waals surface area (Å²) < 4.78 is 0. The fourth-order valence-electron chi connectivity index (χ4n) is 3.47. The zero-order chi connectivity index (χ0) is 15.7. The summed E-state index contributed by atoms with van der Waals surface area (Å²) in [4.78, 5) is 14.7. The van der Waals surface area contributed by atoms with Crippen LogP contribution in [0.4, 0.5) is 0 Å². The quantitative estimate of drug-likeness (QED) is 0.734. The first-order chi connectivity index (χ1) is 10.6. The molecular formula is C17H24N4O. The van der Waals surface area contributed by atoms with Gasteiger partial charge in [-0.3, -0.25) is 10.2 Å². The summed E-state index contributed by atoms with van der Waals surface area (Å²) in [6.45, 7) is 3.64. The molecule has 3 N–H and O–H groups in total. The van der Waals surface area contributed by atoms with Crippen LogP contribution in [0.1, 0.15) is 36.9 Å². The molecule has 1 aromatic carbocycles. The van der Waals surface area contributed by atoms with Gasteiger partial charge in [-0.15, -0.1) is 0 Å². The van der Waals surface area contributed by atoms with Crippen molar-refractivity contribution in [3.05, 3.63) is 35.4 Å². The minimum absolute atomic E-state index is 0.115. The Kier molecular flexibility index (Phi) is 4.27. The van der Waals surface area contributed by atoms with Crippen LogP contribution in [0.3, 0.4) is 0 Å². The Bertz CT molecular complexity index is 578. The highest BCUT2D eigenvalue weighted by Gasteiger charge is 2.37. The van der Waals surface area contributed by atoms with Crippen LogP contribution in [0.25, 0.3) is 0 Å². The van der Waals surface area contributed by atoms with Crippen LogP contribution in [-0.4, -0.2) is 48.7 Å². The van der Waals surface area contributed by atoms with Gasteiger partial charge in [-0.05, 0) is 32.4 Å². The predicted molar refractivity (Wildman–Crippen MR) is 87.3 cm³/mol. The number of fused-ring (bicyclic) bond motifs is 3. The van der Waals surface area contributed by atoms with Crippen LogP contribution in [0.15, 0.2) is 24.3 Å². The Balaban J connectivity index is 1.83. The van der Waals surface area contributed by atoms with Gasteiger partial charge >= 0.3 is 0 Å². The highest BCUT2D eigenvalue weighted by Crippen LogP contribution is 2.24. The van der Waals surface area contributed by atoms with Crippen LogP contribution < -0.4 is 10.6 Å². The molecule has 118 valence electrons. The van der Waals surface area contributed by atoms with Crippen LogP contribution >= 0.6 is 0 Å². The third kappa shape index (κ3) is 2.66. The van der Waals surface area contributed by atoms with Crippen molar-refractivity contribution in [2.45, 2.75) is 37.9 Å². The van der Waals surface area contributed by atoms with Crippen molar-refractivity contribution in [1.29, 1.82) is 5.41 Å². The number of piperidine rings is 2. The molecule has 5 nitrogen and oxygen atoms in total. The molecule has 3 heterocycles. The monoisotopic (exact) mass is 300 g/mol. The van der Waals surface area contributed by atoms with E-state index < -0.39 is 0 Å². The molecule has 3 aliphatic heterocycles. The molecule has 3 atom stereocenters. The maximum atomic E-state index is 12.8. The summed E-state index contributed by atoms with van der Waals surface area (Å²) in [5.41, 5.74) is 1.86. The normalized spacial score (nSPS) is 25.1. The molecule has 0 radical (unpaired) electrons. The lowest BCUT2D eigenvalue weighted by Gasteiger charge is -2.46. The molecule has 22 heavy (non-hydrogen) atoms. The highest BCUT2D eigenvalue weighted by atomic mass is 16.2. The minimum Gasteiger partial charge on any atom is -0.331 e. The number of nitrogens with zero attached hydrogens (tertiary/aromatic N) is 1. The Hall–Kier alpha value is -1.72. The van der Waals surface area contributed by atoms with Crippen LogP contribution in [0.5, 0.6) is 0 Å². The zero-order valence-corrected chi connectivity index (χ0v) is 13.2. The van der Waals surface area contributed by atoms with E-state index in [0.29, 0.717) is 6.04 Å². The van der Waals surface area contributed by atoms with E-state index in [1.165, 1.54) is 0 Å². The zero-order valence-electron chi connectivity index (χ0n) is 13.2. The molecule has 1 aromatic rings. The number of amides is 1. The van der Waals surface area contributed by atoms with Gasteiger partial charge in [0.15, 0.2) is 0 Å². The standard InChI is InChI=1S/C17H24N4O/c1-11(19-2)14-5-3-4-6-15(14)16(18)17(22)21-10-12-7-8-13(21)9-20-12/h3-6,11-13,18-20H,7-10H2,1-2H3. The fraction of sp³-hybridized carbons (Fsp3) is 0.529. The van der Waals surface area contributed by atoms with E-state index in [0.717, 1.165) is 37.1 Å². The van der Waals surface area contributed by atoms with E-state index in [2.05, 4.69) is 10.6 Å². The average Bonchev–Trinajstić information content (AvgIpc) is 2.60. The molecule has 3 saturated heterocycles. The average molecular weight is 300 g/mol. The van der Waals surface area contributed by atoms with Crippen molar-refractivity contribution < 1.29 is 4.79 Å². The fourth-order valence-corrected chi connectivity index (χ4v) is 3.47. The first-order valence-electron chi connectivity index (χ1n) is 8.01. The number of carbonyl (C=O) groups excluding carboxylic acids is 1. The van der Waals surface area contributed by atoms with Crippen molar-refractivity contribution in [2.24, 2.45) is 0 Å². The van der Waals surface area contributed by atoms with Crippen LogP contribution in [0.2, 0.25) is 0 Å². The van der Waals surface area contributed by atoms with Gasteiger partial charge < -0.3 is 15.5 Å². The lowest BCUT2D eigenvalue weighted by Crippen LogP contribution is -2.63. The van der Waals surface area contributed by atoms with Crippen molar-refractivity contribution in [3.63, 3.8) is 0 Å². The molecule has 0 aromatic heterocycles. The molecule has 4 rings (SSSR count). The number of piperazine rings is 1. The summed E-state index contributed by atoms with van der Waals surface area (Å²) in [5.74, 6) is -0.132. The van der Waals surface area contributed by atoms with Crippen LogP contribution in [-0.2, 0) is 4.79 Å². The Labute approximate surface area is 131 Å². The largest absolute Gasteiger partial charge is 0.331 e. The van der Waals surface area contributed by atoms with Gasteiger partial charge in [-0.2, -0.15) is 0 Å². The van der Waals surface area contributed by atoms with E-state index in [1.54, 1.807) is 0 Å². The van der Waals surface area contributed by atoms with Gasteiger partial charge in [0.25, 0.3) is 5.91 Å². The topological polar surface area (TPSA) is 68.2 Å². The van der Waals surface area contributed by atoms with Gasteiger partial charge in [-0.25, -0.2) is 0 Å². The summed E-state index contributed by atoms with van der Waals surface area (Å²) >= 11 is 0. The molecule has 2 bridgehead atoms. The van der Waals surface area contributed by atoms with E-state index >= 15 is 0 Å². The maximum absolute atomic E-state index is 12.8. The second-order valence-corrected chi connectivity index (χ2v) is 6.27. The number of carbonyl (C=O) groups is 1. The number of hydrogen-bond acceptors (Lipinski definition) is 4. The Morgan fingerprint density at radius 2 is 2.18 bits per heavy atom. The molecule has 3 unspecified atom stereocenters. The molecule has 3 aliphatic rings. The van der Waals surface area contributed by atoms with E-state index in [1.807, 2.05) is 43.1 Å². The third-order valence-corrected chi connectivity index (χ3v) is 4.95. The molecule has 1 amide bonds. The highest BCUT2D eigenvalue weighted by molar-refractivity contribution is 6.44. The van der Waals surface area contributed by atoms with Crippen molar-refractivity contribution >= 4 is 11.6 Å². The van der Waals surface area contributed by atoms with Gasteiger partial charge in [-0.1, -0.05) is 24.3 Å². The van der Waals surface area contributed by atoms with Crippen molar-refractivity contribution in [2.75, 3.05) is 20.1 Å². The van der Waals surface area contributed by atoms with Gasteiger partial charge in [0.05, 0.1) is 0 Å². The number of hydrogen-bond donors (Lipinski definition) is 3. The van der Waals surface area contributed by atoms with Gasteiger partial charge in [0.2, 0.25) is 0 Å². The first kappa shape index (κ1) is 15.2. The smallest absolute Gasteiger partial charge is 0.272 e. The molecule has 0 aliphatic carbocycles. The summed E-state index contributed by atoms with van der Waals surface area (Å²) in [7, 11) is 1.89. The summed E-state index contributed by atoms with van der Waals surface area (Å²) in [6.07, 6.45) is 2.18. The minimum atomic E-state index is -0.132.